The number of aliphatic carboxylic acids is 1. The van der Waals surface area contributed by atoms with E-state index in [1.807, 2.05) is 24.3 Å². The quantitative estimate of drug-likeness (QED) is 0.453. The van der Waals surface area contributed by atoms with Gasteiger partial charge in [-0.3, -0.25) is 19.5 Å². The van der Waals surface area contributed by atoms with Crippen LogP contribution in [0.4, 0.5) is 10.5 Å². The van der Waals surface area contributed by atoms with E-state index in [-0.39, 0.29) is 12.5 Å². The van der Waals surface area contributed by atoms with Crippen molar-refractivity contribution in [2.45, 2.75) is 19.4 Å². The molecule has 0 aliphatic heterocycles. The monoisotopic (exact) mass is 454 g/mol. The molecule has 0 radical (unpaired) electrons. The number of hydrogen-bond donors (Lipinski definition) is 2. The van der Waals surface area contributed by atoms with Crippen molar-refractivity contribution in [3.05, 3.63) is 99.8 Å². The summed E-state index contributed by atoms with van der Waals surface area (Å²) in [6.07, 6.45) is -0.624. The number of carbonyl (C=O) groups excluding carboxylic acids is 1. The molecule has 0 saturated carbocycles. The number of aryl methyl sites for hydroxylation is 1. The van der Waals surface area contributed by atoms with Crippen LogP contribution in [0.5, 0.6) is 0 Å². The number of anilines is 1. The lowest BCUT2D eigenvalue weighted by molar-refractivity contribution is -0.137. The summed E-state index contributed by atoms with van der Waals surface area (Å²) in [5.74, 6) is -1.18. The zero-order valence-corrected chi connectivity index (χ0v) is 18.4. The lowest BCUT2D eigenvalue weighted by atomic mass is 9.98. The maximum absolute atomic E-state index is 12.6. The first-order valence-electron chi connectivity index (χ1n) is 10.9. The number of hydrogen-bond acceptors (Lipinski definition) is 4. The minimum absolute atomic E-state index is 0.0573. The number of pyridine rings is 1. The Morgan fingerprint density at radius 1 is 0.971 bits per heavy atom. The number of nitrogens with zero attached hydrogens (tertiary/aromatic N) is 1. The Morgan fingerprint density at radius 2 is 1.62 bits per heavy atom. The van der Waals surface area contributed by atoms with Gasteiger partial charge in [0, 0.05) is 23.1 Å². The Labute approximate surface area is 195 Å². The van der Waals surface area contributed by atoms with Gasteiger partial charge in [0.05, 0.1) is 5.52 Å². The van der Waals surface area contributed by atoms with Crippen LogP contribution in [-0.4, -0.2) is 28.3 Å². The average molecular weight is 454 g/mol. The van der Waals surface area contributed by atoms with Crippen molar-refractivity contribution in [2.75, 3.05) is 11.9 Å². The molecule has 4 aromatic rings. The molecule has 34 heavy (non-hydrogen) atoms. The lowest BCUT2D eigenvalue weighted by Gasteiger charge is -2.15. The summed E-state index contributed by atoms with van der Waals surface area (Å²) in [7, 11) is 0. The van der Waals surface area contributed by atoms with Crippen LogP contribution in [0.2, 0.25) is 0 Å². The molecule has 7 nitrogen and oxygen atoms in total. The molecule has 0 fully saturated rings. The Hall–Kier alpha value is -4.39. The van der Waals surface area contributed by atoms with E-state index in [0.717, 1.165) is 33.2 Å². The van der Waals surface area contributed by atoms with Gasteiger partial charge in [0.1, 0.15) is 13.2 Å². The van der Waals surface area contributed by atoms with E-state index >= 15 is 0 Å². The van der Waals surface area contributed by atoms with Gasteiger partial charge < -0.3 is 9.84 Å². The van der Waals surface area contributed by atoms with Crippen molar-refractivity contribution in [1.29, 1.82) is 0 Å². The second-order valence-corrected chi connectivity index (χ2v) is 8.33. The highest BCUT2D eigenvalue weighted by Crippen LogP contribution is 2.44. The number of aromatic nitrogens is 1. The Morgan fingerprint density at radius 3 is 2.26 bits per heavy atom. The summed E-state index contributed by atoms with van der Waals surface area (Å²) in [5, 5.41) is 12.6. The van der Waals surface area contributed by atoms with Gasteiger partial charge in [-0.1, -0.05) is 54.6 Å². The van der Waals surface area contributed by atoms with Gasteiger partial charge >= 0.3 is 12.1 Å². The van der Waals surface area contributed by atoms with Gasteiger partial charge in [-0.05, 0) is 46.9 Å². The van der Waals surface area contributed by atoms with E-state index in [1.165, 1.54) is 10.6 Å². The Kier molecular flexibility index (Phi) is 5.37. The highest BCUT2D eigenvalue weighted by molar-refractivity contribution is 5.91. The van der Waals surface area contributed by atoms with E-state index < -0.39 is 24.2 Å². The second-order valence-electron chi connectivity index (χ2n) is 8.33. The number of fused-ring (bicyclic) bond motifs is 4. The van der Waals surface area contributed by atoms with Crippen molar-refractivity contribution >= 4 is 28.7 Å². The molecule has 0 bridgehead atoms. The first kappa shape index (κ1) is 21.5. The molecule has 1 aliphatic rings. The molecule has 170 valence electrons. The third kappa shape index (κ3) is 3.81. The smallest absolute Gasteiger partial charge is 0.411 e. The fourth-order valence-electron chi connectivity index (χ4n) is 4.68. The molecule has 0 atom stereocenters. The number of ether oxygens (including phenoxy) is 1. The van der Waals surface area contributed by atoms with Gasteiger partial charge in [-0.2, -0.15) is 0 Å². The van der Waals surface area contributed by atoms with E-state index in [1.54, 1.807) is 25.1 Å². The average Bonchev–Trinajstić information content (AvgIpc) is 3.14. The number of benzene rings is 3. The summed E-state index contributed by atoms with van der Waals surface area (Å²) in [6.45, 7) is 1.49. The van der Waals surface area contributed by atoms with Crippen LogP contribution in [0.25, 0.3) is 22.0 Å². The SMILES string of the molecule is Cc1cc(=O)n(CC(=O)O)c2cc(NC(=O)OCC3c4ccccc4-c4ccccc43)ccc12. The molecule has 3 aromatic carbocycles. The van der Waals surface area contributed by atoms with E-state index in [9.17, 15) is 19.5 Å². The summed E-state index contributed by atoms with van der Waals surface area (Å²) in [6, 6.07) is 22.6. The zero-order chi connectivity index (χ0) is 23.8. The van der Waals surface area contributed by atoms with Crippen LogP contribution in [-0.2, 0) is 16.1 Å². The highest BCUT2D eigenvalue weighted by Gasteiger charge is 2.29. The molecule has 7 heteroatoms. The predicted molar refractivity (Wildman–Crippen MR) is 129 cm³/mol. The van der Waals surface area contributed by atoms with Crippen molar-refractivity contribution in [3.8, 4) is 11.1 Å². The molecule has 1 aromatic heterocycles. The second kappa shape index (κ2) is 8.51. The number of nitrogens with one attached hydrogen (secondary N) is 1. The maximum Gasteiger partial charge on any atom is 0.411 e. The van der Waals surface area contributed by atoms with Crippen molar-refractivity contribution < 1.29 is 19.4 Å². The van der Waals surface area contributed by atoms with Gasteiger partial charge in [-0.25, -0.2) is 4.79 Å². The molecular formula is C27H22N2O5. The van der Waals surface area contributed by atoms with E-state index in [2.05, 4.69) is 29.6 Å². The fraction of sp³-hybridized carbons (Fsp3) is 0.148. The van der Waals surface area contributed by atoms with Gasteiger partial charge in [0.2, 0.25) is 0 Å². The van der Waals surface area contributed by atoms with Crippen LogP contribution in [0.15, 0.2) is 77.6 Å². The van der Waals surface area contributed by atoms with Crippen LogP contribution >= 0.6 is 0 Å². The van der Waals surface area contributed by atoms with Crippen molar-refractivity contribution in [3.63, 3.8) is 0 Å². The molecule has 1 aliphatic carbocycles. The topological polar surface area (TPSA) is 97.6 Å². The molecule has 0 spiro atoms. The van der Waals surface area contributed by atoms with Crippen LogP contribution in [0.1, 0.15) is 22.6 Å². The van der Waals surface area contributed by atoms with Crippen LogP contribution < -0.4 is 10.9 Å². The number of amides is 1. The Balaban J connectivity index is 1.37. The summed E-state index contributed by atoms with van der Waals surface area (Å²) < 4.78 is 6.76. The minimum atomic E-state index is -1.12. The molecule has 5 rings (SSSR count). The largest absolute Gasteiger partial charge is 0.480 e. The summed E-state index contributed by atoms with van der Waals surface area (Å²) in [5.41, 5.74) is 5.70. The standard InChI is InChI=1S/C27H22N2O5/c1-16-12-25(30)29(14-26(31)32)24-13-17(10-11-18(16)24)28-27(33)34-15-23-21-8-4-2-6-19(21)20-7-3-5-9-22(20)23/h2-13,23H,14-15H2,1H3,(H,28,33)(H,31,32). The van der Waals surface area contributed by atoms with Crippen molar-refractivity contribution in [1.82, 2.24) is 4.57 Å². The Bertz CT molecular complexity index is 1460. The van der Waals surface area contributed by atoms with Gasteiger partial charge in [0.15, 0.2) is 0 Å². The molecule has 1 amide bonds. The fourth-order valence-corrected chi connectivity index (χ4v) is 4.68. The summed E-state index contributed by atoms with van der Waals surface area (Å²) >= 11 is 0. The highest BCUT2D eigenvalue weighted by atomic mass is 16.5. The van der Waals surface area contributed by atoms with Gasteiger partial charge in [-0.15, -0.1) is 0 Å². The van der Waals surface area contributed by atoms with Crippen molar-refractivity contribution in [2.24, 2.45) is 0 Å². The third-order valence-corrected chi connectivity index (χ3v) is 6.20. The minimum Gasteiger partial charge on any atom is -0.480 e. The van der Waals surface area contributed by atoms with Gasteiger partial charge in [0.25, 0.3) is 5.56 Å². The number of carbonyl (C=O) groups is 2. The first-order chi connectivity index (χ1) is 16.4. The maximum atomic E-state index is 12.6. The van der Waals surface area contributed by atoms with Crippen LogP contribution in [0, 0.1) is 6.92 Å². The number of carboxylic acids is 1. The lowest BCUT2D eigenvalue weighted by Crippen LogP contribution is -2.24. The number of carboxylic acid groups (broad SMARTS) is 1. The number of rotatable bonds is 5. The third-order valence-electron chi connectivity index (χ3n) is 6.20. The van der Waals surface area contributed by atoms with Crippen LogP contribution in [0.3, 0.4) is 0 Å². The predicted octanol–water partition coefficient (Wildman–Crippen LogP) is 4.76. The normalized spacial score (nSPS) is 12.3. The molecular weight excluding hydrogens is 432 g/mol. The van der Waals surface area contributed by atoms with E-state index in [4.69, 9.17) is 4.74 Å². The molecule has 2 N–H and O–H groups in total. The van der Waals surface area contributed by atoms with E-state index in [0.29, 0.717) is 11.2 Å². The molecule has 0 unspecified atom stereocenters. The molecule has 0 saturated heterocycles. The summed E-state index contributed by atoms with van der Waals surface area (Å²) in [4.78, 5) is 36.2. The molecule has 1 heterocycles. The zero-order valence-electron chi connectivity index (χ0n) is 18.4. The first-order valence-corrected chi connectivity index (χ1v) is 10.9.